The van der Waals surface area contributed by atoms with Crippen LogP contribution in [0.3, 0.4) is 0 Å². The summed E-state index contributed by atoms with van der Waals surface area (Å²) >= 11 is 3.42. The molecule has 1 saturated heterocycles. The van der Waals surface area contributed by atoms with Gasteiger partial charge in [0.15, 0.2) is 5.84 Å². The van der Waals surface area contributed by atoms with Gasteiger partial charge in [-0.3, -0.25) is 0 Å². The van der Waals surface area contributed by atoms with E-state index in [2.05, 4.69) is 21.1 Å². The lowest BCUT2D eigenvalue weighted by Gasteiger charge is -2.24. The monoisotopic (exact) mass is 314 g/mol. The Balaban J connectivity index is 2.09. The van der Waals surface area contributed by atoms with E-state index in [1.54, 1.807) is 12.1 Å². The maximum Gasteiger partial charge on any atom is 0.170 e. The molecule has 0 saturated carbocycles. The van der Waals surface area contributed by atoms with Gasteiger partial charge in [-0.15, -0.1) is 0 Å². The Morgan fingerprint density at radius 1 is 1.44 bits per heavy atom. The third kappa shape index (κ3) is 3.14. The SMILES string of the molecule is N/C(=N/O)c1ccc(OC2CCOCC2)c(Br)c1. The van der Waals surface area contributed by atoms with Crippen LogP contribution in [0.15, 0.2) is 27.8 Å². The van der Waals surface area contributed by atoms with Gasteiger partial charge in [0.25, 0.3) is 0 Å². The predicted octanol–water partition coefficient (Wildman–Crippen LogP) is 2.10. The van der Waals surface area contributed by atoms with E-state index in [9.17, 15) is 0 Å². The van der Waals surface area contributed by atoms with E-state index in [1.165, 1.54) is 0 Å². The van der Waals surface area contributed by atoms with Crippen molar-refractivity contribution < 1.29 is 14.7 Å². The van der Waals surface area contributed by atoms with Crippen molar-refractivity contribution >= 4 is 21.8 Å². The molecule has 1 aliphatic rings. The van der Waals surface area contributed by atoms with Crippen LogP contribution in [0.2, 0.25) is 0 Å². The van der Waals surface area contributed by atoms with Gasteiger partial charge < -0.3 is 20.4 Å². The van der Waals surface area contributed by atoms with Gasteiger partial charge in [-0.2, -0.15) is 0 Å². The highest BCUT2D eigenvalue weighted by Gasteiger charge is 2.16. The highest BCUT2D eigenvalue weighted by molar-refractivity contribution is 9.10. The van der Waals surface area contributed by atoms with E-state index >= 15 is 0 Å². The molecule has 1 aromatic carbocycles. The summed E-state index contributed by atoms with van der Waals surface area (Å²) in [6.45, 7) is 1.48. The van der Waals surface area contributed by atoms with Crippen LogP contribution in [0.25, 0.3) is 0 Å². The summed E-state index contributed by atoms with van der Waals surface area (Å²) in [5.74, 6) is 0.838. The van der Waals surface area contributed by atoms with Crippen LogP contribution >= 0.6 is 15.9 Å². The van der Waals surface area contributed by atoms with Crippen molar-refractivity contribution in [2.24, 2.45) is 10.9 Å². The number of hydrogen-bond acceptors (Lipinski definition) is 4. The fraction of sp³-hybridized carbons (Fsp3) is 0.417. The van der Waals surface area contributed by atoms with Gasteiger partial charge in [0.05, 0.1) is 17.7 Å². The van der Waals surface area contributed by atoms with Gasteiger partial charge in [-0.05, 0) is 34.1 Å². The van der Waals surface area contributed by atoms with Gasteiger partial charge >= 0.3 is 0 Å². The van der Waals surface area contributed by atoms with Crippen LogP contribution in [0.5, 0.6) is 5.75 Å². The number of rotatable bonds is 3. The minimum Gasteiger partial charge on any atom is -0.489 e. The van der Waals surface area contributed by atoms with E-state index in [-0.39, 0.29) is 11.9 Å². The largest absolute Gasteiger partial charge is 0.489 e. The van der Waals surface area contributed by atoms with Gasteiger partial charge in [0.2, 0.25) is 0 Å². The number of nitrogens with zero attached hydrogens (tertiary/aromatic N) is 1. The third-order valence-electron chi connectivity index (χ3n) is 2.80. The molecule has 6 heteroatoms. The number of ether oxygens (including phenoxy) is 2. The zero-order valence-electron chi connectivity index (χ0n) is 9.80. The summed E-state index contributed by atoms with van der Waals surface area (Å²) in [6.07, 6.45) is 1.98. The molecule has 0 amide bonds. The highest BCUT2D eigenvalue weighted by Crippen LogP contribution is 2.28. The minimum atomic E-state index is 0.0771. The molecule has 1 aromatic rings. The quantitative estimate of drug-likeness (QED) is 0.388. The fourth-order valence-corrected chi connectivity index (χ4v) is 2.26. The predicted molar refractivity (Wildman–Crippen MR) is 71.1 cm³/mol. The zero-order chi connectivity index (χ0) is 13.0. The van der Waals surface area contributed by atoms with Crippen LogP contribution in [-0.4, -0.2) is 30.4 Å². The first-order valence-electron chi connectivity index (χ1n) is 5.72. The van der Waals surface area contributed by atoms with Crippen LogP contribution in [-0.2, 0) is 4.74 Å². The van der Waals surface area contributed by atoms with Crippen molar-refractivity contribution in [2.45, 2.75) is 18.9 Å². The number of benzene rings is 1. The van der Waals surface area contributed by atoms with E-state index in [1.807, 2.05) is 6.07 Å². The van der Waals surface area contributed by atoms with Crippen molar-refractivity contribution in [3.63, 3.8) is 0 Å². The average Bonchev–Trinajstić information content (AvgIpc) is 2.41. The molecule has 3 N–H and O–H groups in total. The fourth-order valence-electron chi connectivity index (χ4n) is 1.79. The van der Waals surface area contributed by atoms with Gasteiger partial charge in [-0.1, -0.05) is 5.16 Å². The van der Waals surface area contributed by atoms with Gasteiger partial charge in [0, 0.05) is 18.4 Å². The van der Waals surface area contributed by atoms with Crippen LogP contribution in [0.4, 0.5) is 0 Å². The molecule has 0 aromatic heterocycles. The molecule has 0 unspecified atom stereocenters. The molecule has 5 nitrogen and oxygen atoms in total. The normalized spacial score (nSPS) is 17.7. The topological polar surface area (TPSA) is 77.1 Å². The van der Waals surface area contributed by atoms with Crippen LogP contribution < -0.4 is 10.5 Å². The van der Waals surface area contributed by atoms with Crippen molar-refractivity contribution in [1.82, 2.24) is 0 Å². The average molecular weight is 315 g/mol. The minimum absolute atomic E-state index is 0.0771. The van der Waals surface area contributed by atoms with Crippen LogP contribution in [0.1, 0.15) is 18.4 Å². The Hall–Kier alpha value is -1.27. The lowest BCUT2D eigenvalue weighted by molar-refractivity contribution is 0.0252. The second-order valence-electron chi connectivity index (χ2n) is 4.06. The molecule has 18 heavy (non-hydrogen) atoms. The molecule has 0 bridgehead atoms. The summed E-state index contributed by atoms with van der Waals surface area (Å²) in [4.78, 5) is 0. The number of nitrogens with two attached hydrogens (primary N) is 1. The smallest absolute Gasteiger partial charge is 0.170 e. The molecule has 1 aliphatic heterocycles. The number of oxime groups is 1. The van der Waals surface area contributed by atoms with E-state index in [0.29, 0.717) is 5.56 Å². The highest BCUT2D eigenvalue weighted by atomic mass is 79.9. The van der Waals surface area contributed by atoms with E-state index < -0.39 is 0 Å². The van der Waals surface area contributed by atoms with E-state index in [0.717, 1.165) is 36.3 Å². The second-order valence-corrected chi connectivity index (χ2v) is 4.91. The standard InChI is InChI=1S/C12H15BrN2O3/c13-10-7-8(12(14)15-16)1-2-11(10)18-9-3-5-17-6-4-9/h1-2,7,9,16H,3-6H2,(H2,14,15). The van der Waals surface area contributed by atoms with E-state index in [4.69, 9.17) is 20.4 Å². The zero-order valence-corrected chi connectivity index (χ0v) is 11.4. The van der Waals surface area contributed by atoms with Crippen molar-refractivity contribution in [2.75, 3.05) is 13.2 Å². The molecule has 0 atom stereocenters. The number of amidine groups is 1. The molecular formula is C12H15BrN2O3. The summed E-state index contributed by atoms with van der Waals surface area (Å²) < 4.78 is 12.0. The Morgan fingerprint density at radius 3 is 2.78 bits per heavy atom. The first-order chi connectivity index (χ1) is 8.70. The Labute approximate surface area is 114 Å². The number of hydrogen-bond donors (Lipinski definition) is 2. The maximum absolute atomic E-state index is 8.61. The summed E-state index contributed by atoms with van der Waals surface area (Å²) in [7, 11) is 0. The molecule has 0 spiro atoms. The Kier molecular flexibility index (Phi) is 4.43. The summed E-state index contributed by atoms with van der Waals surface area (Å²) in [5.41, 5.74) is 6.16. The molecule has 98 valence electrons. The Bertz CT molecular complexity index is 445. The van der Waals surface area contributed by atoms with Crippen molar-refractivity contribution in [1.29, 1.82) is 0 Å². The lowest BCUT2D eigenvalue weighted by Crippen LogP contribution is -2.26. The second kappa shape index (κ2) is 6.06. The van der Waals surface area contributed by atoms with Gasteiger partial charge in [0.1, 0.15) is 11.9 Å². The molecule has 1 fully saturated rings. The number of halogens is 1. The molecule has 1 heterocycles. The first-order valence-corrected chi connectivity index (χ1v) is 6.52. The summed E-state index contributed by atoms with van der Waals surface area (Å²) in [5, 5.41) is 11.6. The van der Waals surface area contributed by atoms with Crippen molar-refractivity contribution in [3.05, 3.63) is 28.2 Å². The van der Waals surface area contributed by atoms with Crippen LogP contribution in [0, 0.1) is 0 Å². The molecular weight excluding hydrogens is 300 g/mol. The summed E-state index contributed by atoms with van der Waals surface area (Å²) in [6, 6.07) is 5.34. The maximum atomic E-state index is 8.61. The lowest BCUT2D eigenvalue weighted by atomic mass is 10.1. The molecule has 0 aliphatic carbocycles. The molecule has 2 rings (SSSR count). The van der Waals surface area contributed by atoms with Gasteiger partial charge in [-0.25, -0.2) is 0 Å². The Morgan fingerprint density at radius 2 is 2.17 bits per heavy atom. The molecule has 0 radical (unpaired) electrons. The first kappa shape index (κ1) is 13.2. The van der Waals surface area contributed by atoms with Crippen molar-refractivity contribution in [3.8, 4) is 5.75 Å². The third-order valence-corrected chi connectivity index (χ3v) is 3.42.